The zero-order valence-corrected chi connectivity index (χ0v) is 32.6. The van der Waals surface area contributed by atoms with Gasteiger partial charge in [-0.25, -0.2) is 9.48 Å². The number of hydrogen-bond donors (Lipinski definition) is 1. The second-order valence-electron chi connectivity index (χ2n) is 16.1. The quantitative estimate of drug-likeness (QED) is 0.121. The predicted octanol–water partition coefficient (Wildman–Crippen LogP) is 6.68. The zero-order chi connectivity index (χ0) is 38.8. The molecule has 2 aliphatic heterocycles. The Hall–Kier alpha value is -5.47. The van der Waals surface area contributed by atoms with Gasteiger partial charge in [-0.2, -0.15) is 5.10 Å². The lowest BCUT2D eigenvalue weighted by molar-refractivity contribution is -0.129. The fraction of sp³-hybridized carbons (Fsp3) is 0.452. The molecule has 3 atom stereocenters. The zero-order valence-electron chi connectivity index (χ0n) is 32.6. The van der Waals surface area contributed by atoms with Crippen LogP contribution in [0, 0.1) is 0 Å². The lowest BCUT2D eigenvalue weighted by Gasteiger charge is -2.34. The van der Waals surface area contributed by atoms with Crippen LogP contribution >= 0.6 is 0 Å². The summed E-state index contributed by atoms with van der Waals surface area (Å²) in [7, 11) is 0. The molecule has 3 aromatic heterocycles. The second-order valence-corrected chi connectivity index (χ2v) is 16.1. The van der Waals surface area contributed by atoms with Crippen molar-refractivity contribution in [2.45, 2.75) is 89.9 Å². The van der Waals surface area contributed by atoms with Gasteiger partial charge in [0.2, 0.25) is 5.95 Å². The molecule has 14 nitrogen and oxygen atoms in total. The number of anilines is 2. The first-order valence-corrected chi connectivity index (χ1v) is 19.7. The lowest BCUT2D eigenvalue weighted by atomic mass is 9.85. The molecular weight excluding hydrogens is 711 g/mol. The van der Waals surface area contributed by atoms with Gasteiger partial charge in [0, 0.05) is 43.7 Å². The summed E-state index contributed by atoms with van der Waals surface area (Å²) in [5, 5.41) is 18.1. The van der Waals surface area contributed by atoms with Crippen molar-refractivity contribution in [3.05, 3.63) is 95.3 Å². The maximum atomic E-state index is 14.3. The van der Waals surface area contributed by atoms with Gasteiger partial charge < -0.3 is 24.5 Å². The van der Waals surface area contributed by atoms with E-state index in [0.717, 1.165) is 83.8 Å². The van der Waals surface area contributed by atoms with Crippen LogP contribution in [-0.2, 0) is 26.3 Å². The highest BCUT2D eigenvalue weighted by atomic mass is 16.7. The Labute approximate surface area is 327 Å². The van der Waals surface area contributed by atoms with Gasteiger partial charge in [0.05, 0.1) is 36.8 Å². The molecule has 5 aromatic rings. The van der Waals surface area contributed by atoms with Crippen molar-refractivity contribution in [1.29, 1.82) is 0 Å². The Balaban J connectivity index is 1.04. The van der Waals surface area contributed by atoms with Gasteiger partial charge in [0.15, 0.2) is 11.5 Å². The van der Waals surface area contributed by atoms with Crippen molar-refractivity contribution >= 4 is 29.9 Å². The van der Waals surface area contributed by atoms with Gasteiger partial charge in [-0.3, -0.25) is 14.1 Å². The first-order valence-electron chi connectivity index (χ1n) is 19.7. The molecule has 0 radical (unpaired) electrons. The van der Waals surface area contributed by atoms with Crippen LogP contribution in [0.15, 0.2) is 72.9 Å². The van der Waals surface area contributed by atoms with Crippen molar-refractivity contribution in [2.75, 3.05) is 42.8 Å². The number of morpholine rings is 1. The van der Waals surface area contributed by atoms with E-state index in [9.17, 15) is 9.59 Å². The number of nitrogens with zero attached hydrogens (tertiary/aromatic N) is 8. The van der Waals surface area contributed by atoms with Crippen LogP contribution in [0.25, 0.3) is 11.3 Å². The van der Waals surface area contributed by atoms with Crippen LogP contribution in [0.2, 0.25) is 0 Å². The number of fused-ring (bicyclic) bond motifs is 2. The van der Waals surface area contributed by atoms with E-state index in [1.165, 1.54) is 6.42 Å². The molecule has 1 aliphatic carbocycles. The predicted molar refractivity (Wildman–Crippen MR) is 212 cm³/mol. The van der Waals surface area contributed by atoms with Gasteiger partial charge in [-0.1, -0.05) is 57.2 Å². The number of aromatic nitrogens is 5. The van der Waals surface area contributed by atoms with E-state index in [1.807, 2.05) is 59.1 Å². The summed E-state index contributed by atoms with van der Waals surface area (Å²) in [4.78, 5) is 36.4. The molecular formula is C42H51N9O5. The number of nitrogens with one attached hydrogen (secondary N) is 1. The Kier molecular flexibility index (Phi) is 10.7. The number of hydroxylamine groups is 1. The Morgan fingerprint density at radius 1 is 0.964 bits per heavy atom. The van der Waals surface area contributed by atoms with E-state index in [4.69, 9.17) is 19.4 Å². The molecule has 1 N–H and O–H groups in total. The maximum Gasteiger partial charge on any atom is 0.357 e. The summed E-state index contributed by atoms with van der Waals surface area (Å²) in [6, 6.07) is 21.2. The topological polar surface area (TPSA) is 132 Å². The number of amides is 2. The highest BCUT2D eigenvalue weighted by Gasteiger charge is 2.34. The van der Waals surface area contributed by atoms with Crippen LogP contribution in [0.5, 0.6) is 5.75 Å². The summed E-state index contributed by atoms with van der Waals surface area (Å²) in [6.45, 7) is 13.5. The van der Waals surface area contributed by atoms with E-state index in [2.05, 4.69) is 65.1 Å². The number of rotatable bonds is 10. The molecule has 2 saturated heterocycles. The number of ether oxygens (including phenoxy) is 2. The van der Waals surface area contributed by atoms with Gasteiger partial charge in [0.25, 0.3) is 0 Å². The molecule has 5 heterocycles. The minimum atomic E-state index is -0.583. The smallest absolute Gasteiger partial charge is 0.357 e. The number of hydrogen-bond acceptors (Lipinski definition) is 10. The second kappa shape index (κ2) is 15.9. The summed E-state index contributed by atoms with van der Waals surface area (Å²) in [6.07, 6.45) is 6.47. The fourth-order valence-electron chi connectivity index (χ4n) is 8.04. The number of carbonyl (C=O) groups is 2. The van der Waals surface area contributed by atoms with Crippen molar-refractivity contribution in [3.8, 4) is 11.4 Å². The van der Waals surface area contributed by atoms with E-state index < -0.39 is 6.03 Å². The number of pyridine rings is 1. The number of carbonyl (C=O) groups excluding carboxylic acids is 2. The SMILES string of the molecule is C[C@H]1CCCCN1c1nnc2ccc(O[C@@H]3CC[C@H](NC(=O)N(OC=O)c4cc(C(C)(C)C)nn4-c4cccc(CN5CCOCC5)c4)c4ccccc43)cn12. The van der Waals surface area contributed by atoms with E-state index in [0.29, 0.717) is 43.7 Å². The van der Waals surface area contributed by atoms with Gasteiger partial charge >= 0.3 is 12.5 Å². The Morgan fingerprint density at radius 2 is 1.79 bits per heavy atom. The third-order valence-electron chi connectivity index (χ3n) is 11.1. The standard InChI is InChI=1S/C42H51N9O5/c1-29-10-7-8-19-48(29)40-45-44-38-18-15-32(27-49(38)40)56-36-17-16-35(33-13-5-6-14-34(33)36)43-41(53)51(55-28-52)39-25-37(42(2,3)4)46-50(39)31-12-9-11-30(24-31)26-47-20-22-54-23-21-47/h5-6,9,11-15,18,24-25,27-29,35-36H,7-8,10,16-17,19-23,26H2,1-4H3,(H,43,53)/t29-,35-,36+/m0/s1. The number of benzene rings is 2. The molecule has 0 unspecified atom stereocenters. The summed E-state index contributed by atoms with van der Waals surface area (Å²) < 4.78 is 15.9. The van der Waals surface area contributed by atoms with Crippen molar-refractivity contribution in [1.82, 2.24) is 34.6 Å². The van der Waals surface area contributed by atoms with Crippen LogP contribution in [0.1, 0.15) is 94.3 Å². The van der Waals surface area contributed by atoms with E-state index in [1.54, 1.807) is 10.7 Å². The third kappa shape index (κ3) is 7.80. The number of urea groups is 1. The minimum Gasteiger partial charge on any atom is -0.484 e. The summed E-state index contributed by atoms with van der Waals surface area (Å²) in [5.41, 5.74) is 4.94. The largest absolute Gasteiger partial charge is 0.484 e. The summed E-state index contributed by atoms with van der Waals surface area (Å²) >= 11 is 0. The fourth-order valence-corrected chi connectivity index (χ4v) is 8.04. The minimum absolute atomic E-state index is 0.242. The molecule has 3 aliphatic rings. The number of piperidine rings is 1. The molecule has 0 saturated carbocycles. The van der Waals surface area contributed by atoms with Crippen LogP contribution < -0.4 is 20.0 Å². The normalized spacial score (nSPS) is 20.4. The maximum absolute atomic E-state index is 14.3. The molecule has 2 amide bonds. The first-order chi connectivity index (χ1) is 27.2. The highest BCUT2D eigenvalue weighted by molar-refractivity contribution is 5.90. The van der Waals surface area contributed by atoms with E-state index in [-0.39, 0.29) is 24.0 Å². The van der Waals surface area contributed by atoms with Crippen molar-refractivity contribution in [2.24, 2.45) is 0 Å². The lowest BCUT2D eigenvalue weighted by Crippen LogP contribution is -2.43. The van der Waals surface area contributed by atoms with Crippen LogP contribution in [-0.4, -0.2) is 80.7 Å². The molecule has 2 aromatic carbocycles. The van der Waals surface area contributed by atoms with Crippen LogP contribution in [0.3, 0.4) is 0 Å². The van der Waals surface area contributed by atoms with Crippen molar-refractivity contribution < 1.29 is 23.9 Å². The molecule has 0 spiro atoms. The monoisotopic (exact) mass is 761 g/mol. The van der Waals surface area contributed by atoms with Gasteiger partial charge in [0.1, 0.15) is 11.9 Å². The highest BCUT2D eigenvalue weighted by Crippen LogP contribution is 2.39. The molecule has 2 fully saturated rings. The average Bonchev–Trinajstić information content (AvgIpc) is 3.84. The molecule has 8 rings (SSSR count). The summed E-state index contributed by atoms with van der Waals surface area (Å²) in [5.74, 6) is 1.87. The molecule has 14 heteroatoms. The molecule has 0 bridgehead atoms. The third-order valence-corrected chi connectivity index (χ3v) is 11.1. The Morgan fingerprint density at radius 3 is 2.57 bits per heavy atom. The first kappa shape index (κ1) is 37.5. The van der Waals surface area contributed by atoms with Crippen molar-refractivity contribution in [3.63, 3.8) is 0 Å². The Bertz CT molecular complexity index is 2170. The van der Waals surface area contributed by atoms with Gasteiger partial charge in [-0.05, 0) is 80.0 Å². The molecule has 56 heavy (non-hydrogen) atoms. The average molecular weight is 762 g/mol. The van der Waals surface area contributed by atoms with Crippen LogP contribution in [0.4, 0.5) is 16.6 Å². The van der Waals surface area contributed by atoms with Gasteiger partial charge in [-0.15, -0.1) is 15.3 Å². The molecule has 294 valence electrons. The van der Waals surface area contributed by atoms with E-state index >= 15 is 0 Å².